The first-order valence-corrected chi connectivity index (χ1v) is 11.5. The monoisotopic (exact) mass is 418 g/mol. The normalized spacial score (nSPS) is 18.5. The lowest BCUT2D eigenvalue weighted by molar-refractivity contribution is 0.0994. The van der Waals surface area contributed by atoms with E-state index in [1.54, 1.807) is 0 Å². The Labute approximate surface area is 185 Å². The highest BCUT2D eigenvalue weighted by atomic mass is 16.1. The Bertz CT molecular complexity index is 1060. The molecular weight excluding hydrogens is 384 g/mol. The van der Waals surface area contributed by atoms with Gasteiger partial charge in [-0.15, -0.1) is 0 Å². The largest absolute Gasteiger partial charge is 0.309 e. The Morgan fingerprint density at radius 1 is 1.10 bits per heavy atom. The smallest absolute Gasteiger partial charge is 0.261 e. The molecule has 164 valence electrons. The summed E-state index contributed by atoms with van der Waals surface area (Å²) in [5.74, 6) is 1.56. The van der Waals surface area contributed by atoms with Crippen LogP contribution < -0.4 is 5.56 Å². The van der Waals surface area contributed by atoms with E-state index in [4.69, 9.17) is 4.98 Å². The van der Waals surface area contributed by atoms with E-state index in [1.165, 1.54) is 12.8 Å². The van der Waals surface area contributed by atoms with Crippen molar-refractivity contribution in [3.63, 3.8) is 0 Å². The molecular formula is C26H34N4O. The minimum Gasteiger partial charge on any atom is -0.309 e. The average molecular weight is 419 g/mol. The molecule has 0 aliphatic carbocycles. The second kappa shape index (κ2) is 9.75. The molecule has 31 heavy (non-hydrogen) atoms. The zero-order chi connectivity index (χ0) is 21.8. The van der Waals surface area contributed by atoms with Gasteiger partial charge in [0, 0.05) is 13.1 Å². The van der Waals surface area contributed by atoms with Crippen LogP contribution in [0.25, 0.3) is 10.9 Å². The van der Waals surface area contributed by atoms with Gasteiger partial charge in [0.25, 0.3) is 5.56 Å². The number of likely N-dealkylation sites (tertiary alicyclic amines) is 1. The number of aromatic nitrogens is 2. The van der Waals surface area contributed by atoms with Crippen LogP contribution >= 0.6 is 0 Å². The number of benzene rings is 2. The Morgan fingerprint density at radius 2 is 1.84 bits per heavy atom. The van der Waals surface area contributed by atoms with Gasteiger partial charge in [-0.2, -0.15) is 0 Å². The topological polar surface area (TPSA) is 41.4 Å². The van der Waals surface area contributed by atoms with Gasteiger partial charge in [-0.05, 0) is 63.5 Å². The van der Waals surface area contributed by atoms with Gasteiger partial charge in [0.05, 0.1) is 23.5 Å². The van der Waals surface area contributed by atoms with Crippen LogP contribution in [0.5, 0.6) is 0 Å². The quantitative estimate of drug-likeness (QED) is 0.578. The molecule has 1 fully saturated rings. The van der Waals surface area contributed by atoms with Crippen LogP contribution in [0.2, 0.25) is 0 Å². The van der Waals surface area contributed by atoms with Crippen molar-refractivity contribution in [1.29, 1.82) is 0 Å². The van der Waals surface area contributed by atoms with E-state index in [0.717, 1.165) is 43.0 Å². The predicted octanol–water partition coefficient (Wildman–Crippen LogP) is 4.17. The zero-order valence-electron chi connectivity index (χ0n) is 19.0. The van der Waals surface area contributed by atoms with E-state index in [-0.39, 0.29) is 11.6 Å². The summed E-state index contributed by atoms with van der Waals surface area (Å²) in [5.41, 5.74) is 1.98. The molecule has 2 aromatic carbocycles. The van der Waals surface area contributed by atoms with Gasteiger partial charge in [0.15, 0.2) is 0 Å². The molecule has 3 aromatic rings. The van der Waals surface area contributed by atoms with Crippen LogP contribution in [0, 0.1) is 5.92 Å². The molecule has 2 atom stereocenters. The van der Waals surface area contributed by atoms with Crippen LogP contribution in [-0.2, 0) is 6.54 Å². The van der Waals surface area contributed by atoms with Crippen LogP contribution in [0.4, 0.5) is 0 Å². The molecule has 1 aliphatic heterocycles. The number of rotatable bonds is 7. The van der Waals surface area contributed by atoms with Gasteiger partial charge in [-0.3, -0.25) is 14.3 Å². The maximum Gasteiger partial charge on any atom is 0.261 e. The van der Waals surface area contributed by atoms with E-state index in [9.17, 15) is 4.79 Å². The Kier molecular flexibility index (Phi) is 6.83. The number of para-hydroxylation sites is 1. The van der Waals surface area contributed by atoms with Crippen molar-refractivity contribution in [2.45, 2.75) is 38.8 Å². The van der Waals surface area contributed by atoms with Crippen molar-refractivity contribution in [2.75, 3.05) is 33.7 Å². The molecule has 0 N–H and O–H groups in total. The van der Waals surface area contributed by atoms with Crippen LogP contribution in [-0.4, -0.2) is 53.1 Å². The first kappa shape index (κ1) is 21.7. The van der Waals surface area contributed by atoms with Crippen molar-refractivity contribution in [3.8, 4) is 0 Å². The summed E-state index contributed by atoms with van der Waals surface area (Å²) in [7, 11) is 4.30. The Balaban J connectivity index is 1.76. The number of hydrogen-bond acceptors (Lipinski definition) is 4. The average Bonchev–Trinajstić information content (AvgIpc) is 2.77. The van der Waals surface area contributed by atoms with E-state index in [1.807, 2.05) is 47.0 Å². The third kappa shape index (κ3) is 4.89. The number of hydrogen-bond donors (Lipinski definition) is 0. The molecule has 1 aliphatic rings. The lowest BCUT2D eigenvalue weighted by Gasteiger charge is -2.39. The fourth-order valence-corrected chi connectivity index (χ4v) is 5.01. The molecule has 5 nitrogen and oxygen atoms in total. The highest BCUT2D eigenvalue weighted by Gasteiger charge is 2.29. The lowest BCUT2D eigenvalue weighted by Crippen LogP contribution is -2.43. The molecule has 0 spiro atoms. The van der Waals surface area contributed by atoms with E-state index >= 15 is 0 Å². The van der Waals surface area contributed by atoms with Crippen molar-refractivity contribution in [2.24, 2.45) is 5.92 Å². The fourth-order valence-electron chi connectivity index (χ4n) is 5.01. The van der Waals surface area contributed by atoms with E-state index < -0.39 is 0 Å². The van der Waals surface area contributed by atoms with E-state index in [2.05, 4.69) is 43.0 Å². The van der Waals surface area contributed by atoms with Crippen molar-refractivity contribution >= 4 is 10.9 Å². The molecule has 0 radical (unpaired) electrons. The number of fused-ring (bicyclic) bond motifs is 1. The first-order valence-electron chi connectivity index (χ1n) is 11.5. The minimum absolute atomic E-state index is 0.0600. The minimum atomic E-state index is 0.0600. The van der Waals surface area contributed by atoms with Crippen molar-refractivity contribution < 1.29 is 0 Å². The number of piperidine rings is 1. The van der Waals surface area contributed by atoms with Gasteiger partial charge < -0.3 is 4.90 Å². The highest BCUT2D eigenvalue weighted by molar-refractivity contribution is 5.77. The summed E-state index contributed by atoms with van der Waals surface area (Å²) in [6.07, 6.45) is 3.41. The van der Waals surface area contributed by atoms with Gasteiger partial charge in [0.2, 0.25) is 0 Å². The Morgan fingerprint density at radius 3 is 2.58 bits per heavy atom. The van der Waals surface area contributed by atoms with Crippen LogP contribution in [0.15, 0.2) is 59.4 Å². The molecule has 5 heteroatoms. The highest BCUT2D eigenvalue weighted by Crippen LogP contribution is 2.29. The second-order valence-corrected chi connectivity index (χ2v) is 9.05. The van der Waals surface area contributed by atoms with E-state index in [0.29, 0.717) is 17.8 Å². The van der Waals surface area contributed by atoms with Crippen LogP contribution in [0.3, 0.4) is 0 Å². The lowest BCUT2D eigenvalue weighted by atomic mass is 9.95. The third-order valence-electron chi connectivity index (χ3n) is 6.37. The third-order valence-corrected chi connectivity index (χ3v) is 6.37. The summed E-state index contributed by atoms with van der Waals surface area (Å²) < 4.78 is 1.92. The molecule has 0 saturated carbocycles. The summed E-state index contributed by atoms with van der Waals surface area (Å²) in [5, 5.41) is 0.696. The van der Waals surface area contributed by atoms with Gasteiger partial charge >= 0.3 is 0 Å². The SMILES string of the molecule is CCC(c1nc2ccccc2c(=O)n1Cc1ccccc1)N1CCCC(CN(C)C)C1. The maximum absolute atomic E-state index is 13.6. The van der Waals surface area contributed by atoms with Gasteiger partial charge in [0.1, 0.15) is 5.82 Å². The molecule has 1 aromatic heterocycles. The first-order chi connectivity index (χ1) is 15.1. The van der Waals surface area contributed by atoms with Gasteiger partial charge in [-0.1, -0.05) is 49.4 Å². The standard InChI is InChI=1S/C26H34N4O/c1-4-24(29-16-10-13-21(18-29)17-28(2)3)25-27-23-15-9-8-14-22(23)26(31)30(25)19-20-11-6-5-7-12-20/h5-9,11-12,14-15,21,24H,4,10,13,16-19H2,1-3H3. The summed E-state index contributed by atoms with van der Waals surface area (Å²) in [6, 6.07) is 18.1. The molecule has 0 bridgehead atoms. The molecule has 1 saturated heterocycles. The predicted molar refractivity (Wildman–Crippen MR) is 127 cm³/mol. The molecule has 2 heterocycles. The summed E-state index contributed by atoms with van der Waals surface area (Å²) in [6.45, 7) is 6.00. The van der Waals surface area contributed by atoms with Crippen molar-refractivity contribution in [3.05, 3.63) is 76.3 Å². The summed E-state index contributed by atoms with van der Waals surface area (Å²) >= 11 is 0. The van der Waals surface area contributed by atoms with Crippen molar-refractivity contribution in [1.82, 2.24) is 19.4 Å². The Hall–Kier alpha value is -2.50. The fraction of sp³-hybridized carbons (Fsp3) is 0.462. The molecule has 2 unspecified atom stereocenters. The number of nitrogens with zero attached hydrogens (tertiary/aromatic N) is 4. The molecule has 0 amide bonds. The zero-order valence-corrected chi connectivity index (χ0v) is 19.0. The van der Waals surface area contributed by atoms with Crippen LogP contribution in [0.1, 0.15) is 43.6 Å². The summed E-state index contributed by atoms with van der Waals surface area (Å²) in [4.78, 5) is 23.5. The van der Waals surface area contributed by atoms with Gasteiger partial charge in [-0.25, -0.2) is 4.98 Å². The maximum atomic E-state index is 13.6. The molecule has 4 rings (SSSR count). The second-order valence-electron chi connectivity index (χ2n) is 9.05.